The first-order chi connectivity index (χ1) is 10.5. The molecule has 0 fully saturated rings. The predicted molar refractivity (Wildman–Crippen MR) is 84.2 cm³/mol. The second kappa shape index (κ2) is 5.33. The van der Waals surface area contributed by atoms with Crippen LogP contribution in [-0.2, 0) is 13.7 Å². The van der Waals surface area contributed by atoms with E-state index in [1.165, 1.54) is 0 Å². The number of fused-ring (bicyclic) bond motifs is 1. The molecule has 0 unspecified atom stereocenters. The molecule has 0 aliphatic heterocycles. The van der Waals surface area contributed by atoms with Gasteiger partial charge in [-0.05, 0) is 44.5 Å². The van der Waals surface area contributed by atoms with Gasteiger partial charge in [-0.15, -0.1) is 0 Å². The predicted octanol–water partition coefficient (Wildman–Crippen LogP) is 3.03. The van der Waals surface area contributed by atoms with Gasteiger partial charge >= 0.3 is 5.63 Å². The molecular formula is C17H18N2O3. The van der Waals surface area contributed by atoms with Gasteiger partial charge in [0.15, 0.2) is 0 Å². The zero-order valence-electron chi connectivity index (χ0n) is 13.1. The largest absolute Gasteiger partial charge is 0.487 e. The maximum Gasteiger partial charge on any atom is 0.339 e. The summed E-state index contributed by atoms with van der Waals surface area (Å²) in [6, 6.07) is 7.53. The number of hydrogen-bond acceptors (Lipinski definition) is 4. The van der Waals surface area contributed by atoms with Crippen molar-refractivity contribution in [2.75, 3.05) is 0 Å². The number of hydrogen-bond donors (Lipinski definition) is 0. The third-order valence-corrected chi connectivity index (χ3v) is 3.98. The number of nitrogens with zero attached hydrogens (tertiary/aromatic N) is 2. The van der Waals surface area contributed by atoms with Crippen molar-refractivity contribution < 1.29 is 9.15 Å². The molecule has 22 heavy (non-hydrogen) atoms. The standard InChI is InChI=1S/C17H18N2O3/c1-10-7-13(18-19(10)4)9-21-14-5-6-15-11(2)12(3)17(20)22-16(15)8-14/h5-8H,9H2,1-4H3. The van der Waals surface area contributed by atoms with Gasteiger partial charge < -0.3 is 9.15 Å². The van der Waals surface area contributed by atoms with Crippen LogP contribution in [-0.4, -0.2) is 9.78 Å². The molecular weight excluding hydrogens is 280 g/mol. The number of aryl methyl sites for hydroxylation is 3. The number of rotatable bonds is 3. The Bertz CT molecular complexity index is 887. The van der Waals surface area contributed by atoms with Gasteiger partial charge in [0.05, 0.1) is 0 Å². The molecule has 0 aliphatic rings. The first kappa shape index (κ1) is 14.4. The Labute approximate surface area is 128 Å². The van der Waals surface area contributed by atoms with Crippen molar-refractivity contribution in [2.24, 2.45) is 7.05 Å². The zero-order chi connectivity index (χ0) is 15.9. The molecule has 114 valence electrons. The van der Waals surface area contributed by atoms with E-state index in [2.05, 4.69) is 5.10 Å². The molecule has 2 heterocycles. The minimum atomic E-state index is -0.303. The Morgan fingerprint density at radius 2 is 1.95 bits per heavy atom. The molecule has 0 amide bonds. The van der Waals surface area contributed by atoms with E-state index in [1.807, 2.05) is 43.8 Å². The molecule has 2 aromatic heterocycles. The molecule has 0 spiro atoms. The van der Waals surface area contributed by atoms with Crippen LogP contribution in [0.15, 0.2) is 33.5 Å². The summed E-state index contributed by atoms with van der Waals surface area (Å²) < 4.78 is 12.9. The first-order valence-corrected chi connectivity index (χ1v) is 7.12. The van der Waals surface area contributed by atoms with Crippen molar-refractivity contribution in [3.8, 4) is 5.75 Å². The molecule has 0 aliphatic carbocycles. The summed E-state index contributed by atoms with van der Waals surface area (Å²) in [7, 11) is 1.90. The molecule has 0 saturated carbocycles. The van der Waals surface area contributed by atoms with E-state index in [-0.39, 0.29) is 5.63 Å². The van der Waals surface area contributed by atoms with E-state index in [9.17, 15) is 4.79 Å². The SMILES string of the molecule is Cc1c(C)c2ccc(OCc3cc(C)n(C)n3)cc2oc1=O. The molecule has 5 heteroatoms. The molecule has 0 atom stereocenters. The average molecular weight is 298 g/mol. The third-order valence-electron chi connectivity index (χ3n) is 3.98. The summed E-state index contributed by atoms with van der Waals surface area (Å²) in [5.74, 6) is 0.655. The van der Waals surface area contributed by atoms with Gasteiger partial charge in [0.2, 0.25) is 0 Å². The third kappa shape index (κ3) is 2.50. The van der Waals surface area contributed by atoms with Gasteiger partial charge in [-0.2, -0.15) is 5.10 Å². The molecule has 0 radical (unpaired) electrons. The summed E-state index contributed by atoms with van der Waals surface area (Å²) in [5.41, 5.74) is 3.77. The highest BCUT2D eigenvalue weighted by molar-refractivity contribution is 5.82. The van der Waals surface area contributed by atoms with Crippen LogP contribution in [0.1, 0.15) is 22.5 Å². The highest BCUT2D eigenvalue weighted by Crippen LogP contribution is 2.24. The van der Waals surface area contributed by atoms with Crippen LogP contribution in [0.5, 0.6) is 5.75 Å². The Balaban J connectivity index is 1.89. The summed E-state index contributed by atoms with van der Waals surface area (Å²) in [6.07, 6.45) is 0. The fourth-order valence-corrected chi connectivity index (χ4v) is 2.38. The van der Waals surface area contributed by atoms with E-state index in [0.29, 0.717) is 23.5 Å². The van der Waals surface area contributed by atoms with E-state index >= 15 is 0 Å². The van der Waals surface area contributed by atoms with Gasteiger partial charge in [-0.25, -0.2) is 4.79 Å². The van der Waals surface area contributed by atoms with Gasteiger partial charge in [-0.1, -0.05) is 0 Å². The molecule has 0 saturated heterocycles. The van der Waals surface area contributed by atoms with Crippen LogP contribution in [0.2, 0.25) is 0 Å². The summed E-state index contributed by atoms with van der Waals surface area (Å²) in [5, 5.41) is 5.27. The molecule has 3 aromatic rings. The average Bonchev–Trinajstić information content (AvgIpc) is 2.81. The number of aromatic nitrogens is 2. The van der Waals surface area contributed by atoms with Gasteiger partial charge in [0.1, 0.15) is 23.6 Å². The minimum absolute atomic E-state index is 0.303. The number of benzene rings is 1. The van der Waals surface area contributed by atoms with Crippen LogP contribution in [0, 0.1) is 20.8 Å². The Morgan fingerprint density at radius 1 is 1.18 bits per heavy atom. The van der Waals surface area contributed by atoms with Crippen molar-refractivity contribution in [1.29, 1.82) is 0 Å². The van der Waals surface area contributed by atoms with Gasteiger partial charge in [0.25, 0.3) is 0 Å². The van der Waals surface area contributed by atoms with Crippen LogP contribution in [0.4, 0.5) is 0 Å². The van der Waals surface area contributed by atoms with Crippen LogP contribution >= 0.6 is 0 Å². The van der Waals surface area contributed by atoms with E-state index in [0.717, 1.165) is 22.3 Å². The van der Waals surface area contributed by atoms with Crippen LogP contribution < -0.4 is 10.4 Å². The lowest BCUT2D eigenvalue weighted by Gasteiger charge is -2.07. The summed E-state index contributed by atoms with van der Waals surface area (Å²) >= 11 is 0. The summed E-state index contributed by atoms with van der Waals surface area (Å²) in [4.78, 5) is 11.8. The van der Waals surface area contributed by atoms with Crippen molar-refractivity contribution in [1.82, 2.24) is 9.78 Å². The van der Waals surface area contributed by atoms with Crippen molar-refractivity contribution >= 4 is 11.0 Å². The lowest BCUT2D eigenvalue weighted by atomic mass is 10.1. The fourth-order valence-electron chi connectivity index (χ4n) is 2.38. The Morgan fingerprint density at radius 3 is 2.64 bits per heavy atom. The second-order valence-corrected chi connectivity index (χ2v) is 5.49. The monoisotopic (exact) mass is 298 g/mol. The van der Waals surface area contributed by atoms with Gasteiger partial charge in [-0.3, -0.25) is 4.68 Å². The highest BCUT2D eigenvalue weighted by atomic mass is 16.5. The van der Waals surface area contributed by atoms with Crippen molar-refractivity contribution in [2.45, 2.75) is 27.4 Å². The maximum atomic E-state index is 11.8. The van der Waals surface area contributed by atoms with E-state index in [4.69, 9.17) is 9.15 Å². The van der Waals surface area contributed by atoms with E-state index in [1.54, 1.807) is 13.0 Å². The lowest BCUT2D eigenvalue weighted by Crippen LogP contribution is -2.05. The molecule has 5 nitrogen and oxygen atoms in total. The molecule has 1 aromatic carbocycles. The number of ether oxygens (including phenoxy) is 1. The van der Waals surface area contributed by atoms with Crippen LogP contribution in [0.3, 0.4) is 0 Å². The van der Waals surface area contributed by atoms with Gasteiger partial charge in [0, 0.05) is 29.8 Å². The molecule has 3 rings (SSSR count). The molecule has 0 N–H and O–H groups in total. The minimum Gasteiger partial charge on any atom is -0.487 e. The normalized spacial score (nSPS) is 11.1. The van der Waals surface area contributed by atoms with Crippen molar-refractivity contribution in [3.63, 3.8) is 0 Å². The lowest BCUT2D eigenvalue weighted by molar-refractivity contribution is 0.300. The van der Waals surface area contributed by atoms with Crippen molar-refractivity contribution in [3.05, 3.63) is 57.2 Å². The first-order valence-electron chi connectivity index (χ1n) is 7.12. The van der Waals surface area contributed by atoms with E-state index < -0.39 is 0 Å². The summed E-state index contributed by atoms with van der Waals surface area (Å²) in [6.45, 7) is 6.06. The zero-order valence-corrected chi connectivity index (χ0v) is 13.1. The molecule has 0 bridgehead atoms. The highest BCUT2D eigenvalue weighted by Gasteiger charge is 2.09. The Hall–Kier alpha value is -2.56. The Kier molecular flexibility index (Phi) is 3.48. The topological polar surface area (TPSA) is 57.3 Å². The van der Waals surface area contributed by atoms with Crippen LogP contribution in [0.25, 0.3) is 11.0 Å². The maximum absolute atomic E-state index is 11.8. The fraction of sp³-hybridized carbons (Fsp3) is 0.294. The quantitative estimate of drug-likeness (QED) is 0.697. The second-order valence-electron chi connectivity index (χ2n) is 5.49. The smallest absolute Gasteiger partial charge is 0.339 e.